The fourth-order valence-corrected chi connectivity index (χ4v) is 3.74. The summed E-state index contributed by atoms with van der Waals surface area (Å²) in [5, 5.41) is 12.9. The Morgan fingerprint density at radius 3 is 2.55 bits per heavy atom. The number of carbonyl (C=O) groups is 1. The van der Waals surface area contributed by atoms with Gasteiger partial charge in [0.25, 0.3) is 0 Å². The van der Waals surface area contributed by atoms with E-state index in [9.17, 15) is 9.90 Å². The third-order valence-electron chi connectivity index (χ3n) is 5.43. The molecule has 0 aromatic heterocycles. The summed E-state index contributed by atoms with van der Waals surface area (Å²) in [5.41, 5.74) is 1.06. The van der Waals surface area contributed by atoms with Crippen LogP contribution in [-0.4, -0.2) is 23.7 Å². The second-order valence-corrected chi connectivity index (χ2v) is 7.10. The van der Waals surface area contributed by atoms with E-state index in [2.05, 4.69) is 17.4 Å². The van der Waals surface area contributed by atoms with Crippen molar-refractivity contribution in [3.05, 3.63) is 35.9 Å². The molecule has 2 fully saturated rings. The van der Waals surface area contributed by atoms with Crippen LogP contribution in [0.25, 0.3) is 0 Å². The van der Waals surface area contributed by atoms with Gasteiger partial charge in [-0.15, -0.1) is 0 Å². The van der Waals surface area contributed by atoms with Gasteiger partial charge in [0, 0.05) is 18.6 Å². The first-order chi connectivity index (χ1) is 10.7. The van der Waals surface area contributed by atoms with Crippen LogP contribution < -0.4 is 5.32 Å². The Morgan fingerprint density at radius 1 is 1.14 bits per heavy atom. The first kappa shape index (κ1) is 15.5. The Bertz CT molecular complexity index is 495. The highest BCUT2D eigenvalue weighted by atomic mass is 16.3. The summed E-state index contributed by atoms with van der Waals surface area (Å²) in [5.74, 6) is 0.445. The van der Waals surface area contributed by atoms with E-state index in [1.165, 1.54) is 18.4 Å². The molecule has 2 aliphatic carbocycles. The summed E-state index contributed by atoms with van der Waals surface area (Å²) < 4.78 is 0. The molecule has 0 aliphatic heterocycles. The van der Waals surface area contributed by atoms with Gasteiger partial charge in [0.1, 0.15) is 0 Å². The van der Waals surface area contributed by atoms with Crippen molar-refractivity contribution in [2.24, 2.45) is 11.3 Å². The first-order valence-corrected chi connectivity index (χ1v) is 8.69. The first-order valence-electron chi connectivity index (χ1n) is 8.69. The Hall–Kier alpha value is -1.35. The molecule has 2 N–H and O–H groups in total. The third kappa shape index (κ3) is 3.52. The lowest BCUT2D eigenvalue weighted by Crippen LogP contribution is -2.45. The predicted molar refractivity (Wildman–Crippen MR) is 87.4 cm³/mol. The van der Waals surface area contributed by atoms with Gasteiger partial charge in [-0.1, -0.05) is 49.6 Å². The molecule has 3 rings (SSSR count). The smallest absolute Gasteiger partial charge is 0.226 e. The van der Waals surface area contributed by atoms with Crippen molar-refractivity contribution in [3.63, 3.8) is 0 Å². The molecule has 2 aliphatic rings. The van der Waals surface area contributed by atoms with Crippen molar-refractivity contribution in [1.29, 1.82) is 0 Å². The van der Waals surface area contributed by atoms with Gasteiger partial charge < -0.3 is 10.4 Å². The van der Waals surface area contributed by atoms with E-state index in [4.69, 9.17) is 0 Å². The fourth-order valence-electron chi connectivity index (χ4n) is 3.74. The lowest BCUT2D eigenvalue weighted by Gasteiger charge is -2.27. The van der Waals surface area contributed by atoms with Crippen LogP contribution in [0.4, 0.5) is 0 Å². The van der Waals surface area contributed by atoms with Gasteiger partial charge in [-0.25, -0.2) is 0 Å². The highest BCUT2D eigenvalue weighted by molar-refractivity contribution is 5.85. The Balaban J connectivity index is 1.63. The number of amides is 1. The van der Waals surface area contributed by atoms with E-state index in [0.717, 1.165) is 38.5 Å². The van der Waals surface area contributed by atoms with Gasteiger partial charge in [-0.05, 0) is 37.7 Å². The molecule has 2 unspecified atom stereocenters. The molecule has 0 radical (unpaired) electrons. The largest absolute Gasteiger partial charge is 0.396 e. The van der Waals surface area contributed by atoms with Crippen molar-refractivity contribution >= 4 is 5.91 Å². The van der Waals surface area contributed by atoms with Crippen LogP contribution in [0.2, 0.25) is 0 Å². The lowest BCUT2D eigenvalue weighted by molar-refractivity contribution is -0.127. The van der Waals surface area contributed by atoms with Crippen LogP contribution in [0.5, 0.6) is 0 Å². The summed E-state index contributed by atoms with van der Waals surface area (Å²) in [6.07, 6.45) is 8.42. The van der Waals surface area contributed by atoms with Crippen molar-refractivity contribution in [1.82, 2.24) is 5.32 Å². The maximum atomic E-state index is 12.8. The molecule has 1 aromatic rings. The number of carbonyl (C=O) groups excluding carboxylic acids is 1. The summed E-state index contributed by atoms with van der Waals surface area (Å²) in [6.45, 7) is 0.191. The minimum Gasteiger partial charge on any atom is -0.396 e. The number of aliphatic hydroxyl groups excluding tert-OH is 1. The van der Waals surface area contributed by atoms with E-state index >= 15 is 0 Å². The van der Waals surface area contributed by atoms with E-state index in [1.54, 1.807) is 0 Å². The second-order valence-electron chi connectivity index (χ2n) is 7.10. The van der Waals surface area contributed by atoms with Gasteiger partial charge in [-0.3, -0.25) is 4.79 Å². The number of nitrogens with one attached hydrogen (secondary N) is 1. The summed E-state index contributed by atoms with van der Waals surface area (Å²) >= 11 is 0. The number of rotatable bonds is 5. The molecule has 3 nitrogen and oxygen atoms in total. The molecular weight excluding hydrogens is 274 g/mol. The van der Waals surface area contributed by atoms with E-state index in [0.29, 0.717) is 0 Å². The molecule has 3 heteroatoms. The molecule has 22 heavy (non-hydrogen) atoms. The Labute approximate surface area is 133 Å². The average molecular weight is 301 g/mol. The molecule has 0 spiro atoms. The maximum absolute atomic E-state index is 12.8. The standard InChI is InChI=1S/C19H27NO2/c21-14-16-9-5-2-6-10-17(16)20-18(22)19(11-12-19)13-15-7-3-1-4-8-15/h1,3-4,7-8,16-17,21H,2,5-6,9-14H2,(H,20,22). The minimum absolute atomic E-state index is 0.160. The van der Waals surface area contributed by atoms with Crippen LogP contribution in [0.15, 0.2) is 30.3 Å². The number of hydrogen-bond donors (Lipinski definition) is 2. The highest BCUT2D eigenvalue weighted by Crippen LogP contribution is 2.49. The minimum atomic E-state index is -0.187. The van der Waals surface area contributed by atoms with Gasteiger partial charge in [0.05, 0.1) is 5.41 Å². The summed E-state index contributed by atoms with van der Waals surface area (Å²) in [7, 11) is 0. The molecule has 0 bridgehead atoms. The Morgan fingerprint density at radius 2 is 1.86 bits per heavy atom. The Kier molecular flexibility index (Phi) is 4.82. The SMILES string of the molecule is O=C(NC1CCCCCC1CO)C1(Cc2ccccc2)CC1. The zero-order valence-corrected chi connectivity index (χ0v) is 13.3. The normalized spacial score (nSPS) is 27.0. The maximum Gasteiger partial charge on any atom is 0.226 e. The quantitative estimate of drug-likeness (QED) is 0.821. The summed E-state index contributed by atoms with van der Waals surface area (Å²) in [6, 6.07) is 10.5. The van der Waals surface area contributed by atoms with Crippen molar-refractivity contribution in [2.45, 2.75) is 57.4 Å². The number of benzene rings is 1. The molecule has 0 saturated heterocycles. The monoisotopic (exact) mass is 301 g/mol. The molecule has 120 valence electrons. The highest BCUT2D eigenvalue weighted by Gasteiger charge is 2.50. The second kappa shape index (κ2) is 6.82. The molecule has 1 amide bonds. The van der Waals surface area contributed by atoms with E-state index in [1.807, 2.05) is 18.2 Å². The zero-order valence-electron chi connectivity index (χ0n) is 13.3. The zero-order chi connectivity index (χ0) is 15.4. The van der Waals surface area contributed by atoms with Crippen molar-refractivity contribution < 1.29 is 9.90 Å². The van der Waals surface area contributed by atoms with Crippen LogP contribution in [0.1, 0.15) is 50.5 Å². The topological polar surface area (TPSA) is 49.3 Å². The average Bonchev–Trinajstić information content (AvgIpc) is 3.33. The molecule has 0 heterocycles. The van der Waals surface area contributed by atoms with Gasteiger partial charge in [0.15, 0.2) is 0 Å². The lowest BCUT2D eigenvalue weighted by atomic mass is 9.92. The molecular formula is C19H27NO2. The fraction of sp³-hybridized carbons (Fsp3) is 0.632. The number of hydrogen-bond acceptors (Lipinski definition) is 2. The van der Waals surface area contributed by atoms with Gasteiger partial charge in [0.2, 0.25) is 5.91 Å². The molecule has 1 aromatic carbocycles. The molecule has 2 atom stereocenters. The van der Waals surface area contributed by atoms with E-state index in [-0.39, 0.29) is 29.9 Å². The third-order valence-corrected chi connectivity index (χ3v) is 5.43. The number of aliphatic hydroxyl groups is 1. The summed E-state index contributed by atoms with van der Waals surface area (Å²) in [4.78, 5) is 12.8. The van der Waals surface area contributed by atoms with Crippen LogP contribution in [-0.2, 0) is 11.2 Å². The van der Waals surface area contributed by atoms with Crippen molar-refractivity contribution in [2.75, 3.05) is 6.61 Å². The predicted octanol–water partition coefficient (Wildman–Crippen LogP) is 3.07. The van der Waals surface area contributed by atoms with Crippen molar-refractivity contribution in [3.8, 4) is 0 Å². The van der Waals surface area contributed by atoms with Crippen LogP contribution in [0, 0.1) is 11.3 Å². The molecule has 2 saturated carbocycles. The van der Waals surface area contributed by atoms with E-state index < -0.39 is 0 Å². The van der Waals surface area contributed by atoms with Gasteiger partial charge in [-0.2, -0.15) is 0 Å². The van der Waals surface area contributed by atoms with Crippen LogP contribution >= 0.6 is 0 Å². The van der Waals surface area contributed by atoms with Gasteiger partial charge >= 0.3 is 0 Å². The van der Waals surface area contributed by atoms with Crippen LogP contribution in [0.3, 0.4) is 0 Å².